The van der Waals surface area contributed by atoms with Gasteiger partial charge in [-0.15, -0.1) is 0 Å². The number of hydrogen-bond donors (Lipinski definition) is 1. The Morgan fingerprint density at radius 3 is 2.38 bits per heavy atom. The van der Waals surface area contributed by atoms with Crippen LogP contribution in [0, 0.1) is 0 Å². The van der Waals surface area contributed by atoms with Crippen LogP contribution in [0.2, 0.25) is 0 Å². The van der Waals surface area contributed by atoms with Gasteiger partial charge < -0.3 is 14.3 Å². The molecule has 1 N–H and O–H groups in total. The van der Waals surface area contributed by atoms with Crippen molar-refractivity contribution in [2.75, 3.05) is 26.2 Å². The summed E-state index contributed by atoms with van der Waals surface area (Å²) in [5.74, 6) is 1.59. The summed E-state index contributed by atoms with van der Waals surface area (Å²) in [7, 11) is 0. The molecule has 0 aliphatic carbocycles. The van der Waals surface area contributed by atoms with Crippen molar-refractivity contribution in [1.29, 1.82) is 0 Å². The van der Waals surface area contributed by atoms with Gasteiger partial charge in [-0.25, -0.2) is 4.98 Å². The maximum absolute atomic E-state index is 11.0. The Hall–Kier alpha value is -3.15. The Balaban J connectivity index is 1.08. The number of hydrogen-bond acceptors (Lipinski definition) is 5. The Morgan fingerprint density at radius 2 is 1.62 bits per heavy atom. The van der Waals surface area contributed by atoms with E-state index in [1.165, 1.54) is 0 Å². The van der Waals surface area contributed by atoms with E-state index in [0.29, 0.717) is 13.0 Å². The molecule has 0 radical (unpaired) electrons. The molecule has 1 fully saturated rings. The van der Waals surface area contributed by atoms with Crippen LogP contribution in [0.4, 0.5) is 0 Å². The van der Waals surface area contributed by atoms with Crippen LogP contribution in [0.1, 0.15) is 29.9 Å². The molecule has 0 spiro atoms. The van der Waals surface area contributed by atoms with Gasteiger partial charge in [0.05, 0.1) is 5.60 Å². The quantitative estimate of drug-likeness (QED) is 0.459. The number of ether oxygens (including phenoxy) is 1. The molecule has 1 aliphatic rings. The summed E-state index contributed by atoms with van der Waals surface area (Å²) < 4.78 is 11.8. The van der Waals surface area contributed by atoms with Gasteiger partial charge in [0.1, 0.15) is 17.9 Å². The summed E-state index contributed by atoms with van der Waals surface area (Å²) in [4.78, 5) is 6.90. The normalized spacial score (nSPS) is 16.3. The molecule has 1 saturated heterocycles. The molecule has 0 amide bonds. The highest BCUT2D eigenvalue weighted by molar-refractivity contribution is 5.72. The van der Waals surface area contributed by atoms with Crippen LogP contribution < -0.4 is 4.74 Å². The van der Waals surface area contributed by atoms with Crippen LogP contribution in [0.25, 0.3) is 11.1 Å². The average Bonchev–Trinajstić information content (AvgIpc) is 3.24. The standard InChI is InChI=1S/C27H28N2O3/c30-27(22-6-2-1-3-7-22)14-16-29(17-15-27)18-19-31-23-12-10-21(11-13-23)20-26-28-24-8-4-5-9-25(24)32-26/h1-13,30H,14-20H2. The fraction of sp³-hybridized carbons (Fsp3) is 0.296. The fourth-order valence-electron chi connectivity index (χ4n) is 4.35. The Morgan fingerprint density at radius 1 is 0.906 bits per heavy atom. The zero-order valence-electron chi connectivity index (χ0n) is 18.1. The minimum atomic E-state index is -0.705. The maximum atomic E-state index is 11.0. The highest BCUT2D eigenvalue weighted by atomic mass is 16.5. The van der Waals surface area contributed by atoms with Crippen molar-refractivity contribution >= 4 is 11.1 Å². The predicted octanol–water partition coefficient (Wildman–Crippen LogP) is 4.78. The summed E-state index contributed by atoms with van der Waals surface area (Å²) in [6.45, 7) is 3.24. The molecule has 5 rings (SSSR count). The number of aliphatic hydroxyl groups is 1. The molecule has 1 aliphatic heterocycles. The van der Waals surface area contributed by atoms with E-state index < -0.39 is 5.60 Å². The molecule has 1 aromatic heterocycles. The Labute approximate surface area is 188 Å². The minimum Gasteiger partial charge on any atom is -0.492 e. The van der Waals surface area contributed by atoms with E-state index in [1.54, 1.807) is 0 Å². The summed E-state index contributed by atoms with van der Waals surface area (Å²) in [6.07, 6.45) is 2.16. The van der Waals surface area contributed by atoms with E-state index in [1.807, 2.05) is 66.7 Å². The zero-order valence-corrected chi connectivity index (χ0v) is 18.1. The van der Waals surface area contributed by atoms with Gasteiger partial charge in [0.25, 0.3) is 0 Å². The van der Waals surface area contributed by atoms with Crippen molar-refractivity contribution in [3.05, 3.63) is 95.9 Å². The number of piperidine rings is 1. The number of nitrogens with zero attached hydrogens (tertiary/aromatic N) is 2. The lowest BCUT2D eigenvalue weighted by Gasteiger charge is -2.38. The molecule has 164 valence electrons. The monoisotopic (exact) mass is 428 g/mol. The van der Waals surface area contributed by atoms with Gasteiger partial charge in [-0.2, -0.15) is 0 Å². The van der Waals surface area contributed by atoms with E-state index >= 15 is 0 Å². The number of aromatic nitrogens is 1. The van der Waals surface area contributed by atoms with Gasteiger partial charge in [-0.3, -0.25) is 4.90 Å². The van der Waals surface area contributed by atoms with E-state index in [2.05, 4.69) is 22.0 Å². The van der Waals surface area contributed by atoms with Crippen molar-refractivity contribution in [3.8, 4) is 5.75 Å². The van der Waals surface area contributed by atoms with E-state index in [9.17, 15) is 5.11 Å². The first-order chi connectivity index (χ1) is 15.7. The first-order valence-corrected chi connectivity index (χ1v) is 11.2. The first kappa shape index (κ1) is 20.7. The lowest BCUT2D eigenvalue weighted by Crippen LogP contribution is -2.43. The SMILES string of the molecule is OC1(c2ccccc2)CCN(CCOc2ccc(Cc3nc4ccccc4o3)cc2)CC1. The third kappa shape index (κ3) is 4.69. The number of oxazole rings is 1. The second-order valence-corrected chi connectivity index (χ2v) is 8.48. The van der Waals surface area contributed by atoms with Crippen molar-refractivity contribution in [2.45, 2.75) is 24.9 Å². The van der Waals surface area contributed by atoms with Crippen molar-refractivity contribution in [3.63, 3.8) is 0 Å². The molecule has 0 unspecified atom stereocenters. The minimum absolute atomic E-state index is 0.633. The summed E-state index contributed by atoms with van der Waals surface area (Å²) in [5.41, 5.74) is 3.17. The number of likely N-dealkylation sites (tertiary alicyclic amines) is 1. The first-order valence-electron chi connectivity index (χ1n) is 11.2. The molecular formula is C27H28N2O3. The van der Waals surface area contributed by atoms with Crippen molar-refractivity contribution < 1.29 is 14.3 Å². The largest absolute Gasteiger partial charge is 0.492 e. The third-order valence-electron chi connectivity index (χ3n) is 6.29. The molecule has 0 atom stereocenters. The van der Waals surface area contributed by atoms with Crippen LogP contribution in [0.3, 0.4) is 0 Å². The summed E-state index contributed by atoms with van der Waals surface area (Å²) in [6, 6.07) is 26.0. The second kappa shape index (κ2) is 9.15. The van der Waals surface area contributed by atoms with E-state index in [4.69, 9.17) is 9.15 Å². The highest BCUT2D eigenvalue weighted by Crippen LogP contribution is 2.32. The van der Waals surface area contributed by atoms with E-state index in [0.717, 1.165) is 66.3 Å². The molecule has 5 heteroatoms. The number of para-hydroxylation sites is 2. The van der Waals surface area contributed by atoms with Crippen LogP contribution >= 0.6 is 0 Å². The summed E-state index contributed by atoms with van der Waals surface area (Å²) in [5, 5.41) is 11.0. The van der Waals surface area contributed by atoms with E-state index in [-0.39, 0.29) is 0 Å². The van der Waals surface area contributed by atoms with Crippen LogP contribution in [-0.4, -0.2) is 41.2 Å². The van der Waals surface area contributed by atoms with Gasteiger partial charge >= 0.3 is 0 Å². The van der Waals surface area contributed by atoms with Crippen molar-refractivity contribution in [1.82, 2.24) is 9.88 Å². The van der Waals surface area contributed by atoms with Crippen molar-refractivity contribution in [2.24, 2.45) is 0 Å². The van der Waals surface area contributed by atoms with Gasteiger partial charge in [-0.05, 0) is 48.2 Å². The third-order valence-corrected chi connectivity index (χ3v) is 6.29. The lowest BCUT2D eigenvalue weighted by atomic mass is 9.84. The van der Waals surface area contributed by atoms with Crippen LogP contribution in [0.5, 0.6) is 5.75 Å². The lowest BCUT2D eigenvalue weighted by molar-refractivity contribution is -0.0278. The topological polar surface area (TPSA) is 58.7 Å². The maximum Gasteiger partial charge on any atom is 0.199 e. The molecular weight excluding hydrogens is 400 g/mol. The number of fused-ring (bicyclic) bond motifs is 1. The number of rotatable bonds is 7. The fourth-order valence-corrected chi connectivity index (χ4v) is 4.35. The Bertz CT molecular complexity index is 1110. The molecule has 32 heavy (non-hydrogen) atoms. The van der Waals surface area contributed by atoms with Gasteiger partial charge in [0.2, 0.25) is 0 Å². The summed E-state index contributed by atoms with van der Waals surface area (Å²) >= 11 is 0. The molecule has 0 saturated carbocycles. The van der Waals surface area contributed by atoms with Crippen LogP contribution in [0.15, 0.2) is 83.3 Å². The Kier molecular flexibility index (Phi) is 5.93. The molecule has 4 aromatic rings. The molecule has 5 nitrogen and oxygen atoms in total. The number of benzene rings is 3. The molecule has 0 bridgehead atoms. The predicted molar refractivity (Wildman–Crippen MR) is 125 cm³/mol. The van der Waals surface area contributed by atoms with Gasteiger partial charge in [0, 0.05) is 26.1 Å². The van der Waals surface area contributed by atoms with Gasteiger partial charge in [0.15, 0.2) is 11.5 Å². The molecule has 3 aromatic carbocycles. The second-order valence-electron chi connectivity index (χ2n) is 8.48. The molecule has 2 heterocycles. The van der Waals surface area contributed by atoms with Crippen LogP contribution in [-0.2, 0) is 12.0 Å². The zero-order chi connectivity index (χ0) is 21.8. The average molecular weight is 429 g/mol. The highest BCUT2D eigenvalue weighted by Gasteiger charge is 2.33. The smallest absolute Gasteiger partial charge is 0.199 e. The van der Waals surface area contributed by atoms with Gasteiger partial charge in [-0.1, -0.05) is 54.6 Å².